The van der Waals surface area contributed by atoms with Crippen molar-refractivity contribution in [3.63, 3.8) is 0 Å². The van der Waals surface area contributed by atoms with Gasteiger partial charge in [-0.25, -0.2) is 0 Å². The van der Waals surface area contributed by atoms with Crippen LogP contribution < -0.4 is 0 Å². The first-order chi connectivity index (χ1) is 8.10. The van der Waals surface area contributed by atoms with E-state index < -0.39 is 0 Å². The van der Waals surface area contributed by atoms with Crippen LogP contribution in [-0.2, 0) is 16.1 Å². The van der Waals surface area contributed by atoms with Crippen LogP contribution in [0.5, 0.6) is 0 Å². The summed E-state index contributed by atoms with van der Waals surface area (Å²) in [6.07, 6.45) is 0. The van der Waals surface area contributed by atoms with Crippen molar-refractivity contribution in [2.75, 3.05) is 20.2 Å². The highest BCUT2D eigenvalue weighted by atomic mass is 79.9. The maximum absolute atomic E-state index is 11.5. The molecule has 1 aromatic rings. The minimum absolute atomic E-state index is 0.0154. The SMILES string of the molecule is COC(=O)C1CN(Cc2ccc(Br)o2)CC1C. The molecule has 0 aliphatic carbocycles. The number of ether oxygens (including phenoxy) is 1. The van der Waals surface area contributed by atoms with Crippen LogP contribution in [-0.4, -0.2) is 31.1 Å². The van der Waals surface area contributed by atoms with E-state index in [4.69, 9.17) is 9.15 Å². The first-order valence-corrected chi connectivity index (χ1v) is 6.44. The fourth-order valence-electron chi connectivity index (χ4n) is 2.31. The van der Waals surface area contributed by atoms with Gasteiger partial charge in [0, 0.05) is 13.1 Å². The van der Waals surface area contributed by atoms with Crippen LogP contribution >= 0.6 is 15.9 Å². The number of carbonyl (C=O) groups excluding carboxylic acids is 1. The molecule has 1 fully saturated rings. The Labute approximate surface area is 109 Å². The van der Waals surface area contributed by atoms with E-state index in [2.05, 4.69) is 27.8 Å². The molecule has 0 N–H and O–H groups in total. The number of esters is 1. The Bertz CT molecular complexity index is 404. The highest BCUT2D eigenvalue weighted by molar-refractivity contribution is 9.10. The van der Waals surface area contributed by atoms with Crippen molar-refractivity contribution in [3.8, 4) is 0 Å². The van der Waals surface area contributed by atoms with E-state index in [0.717, 1.165) is 30.1 Å². The normalized spacial score (nSPS) is 25.1. The molecule has 4 nitrogen and oxygen atoms in total. The van der Waals surface area contributed by atoms with Gasteiger partial charge in [-0.1, -0.05) is 6.92 Å². The van der Waals surface area contributed by atoms with Crippen molar-refractivity contribution in [2.45, 2.75) is 13.5 Å². The number of rotatable bonds is 3. The van der Waals surface area contributed by atoms with Crippen LogP contribution in [0.3, 0.4) is 0 Å². The molecule has 0 aromatic carbocycles. The van der Waals surface area contributed by atoms with Gasteiger partial charge in [-0.15, -0.1) is 0 Å². The number of carbonyl (C=O) groups is 1. The Morgan fingerprint density at radius 1 is 1.59 bits per heavy atom. The van der Waals surface area contributed by atoms with E-state index in [1.165, 1.54) is 7.11 Å². The summed E-state index contributed by atoms with van der Waals surface area (Å²) < 4.78 is 11.0. The molecule has 2 rings (SSSR count). The molecule has 1 saturated heterocycles. The van der Waals surface area contributed by atoms with Gasteiger partial charge in [-0.3, -0.25) is 9.69 Å². The fourth-order valence-corrected chi connectivity index (χ4v) is 2.65. The van der Waals surface area contributed by atoms with Gasteiger partial charge >= 0.3 is 5.97 Å². The molecule has 1 aromatic heterocycles. The number of methoxy groups -OCH3 is 1. The second-order valence-electron chi connectivity index (χ2n) is 4.51. The summed E-state index contributed by atoms with van der Waals surface area (Å²) in [7, 11) is 1.45. The topological polar surface area (TPSA) is 42.7 Å². The molecule has 2 atom stereocenters. The van der Waals surface area contributed by atoms with Crippen molar-refractivity contribution in [1.29, 1.82) is 0 Å². The smallest absolute Gasteiger partial charge is 0.310 e. The molecule has 0 bridgehead atoms. The summed E-state index contributed by atoms with van der Waals surface area (Å²) in [5.41, 5.74) is 0. The van der Waals surface area contributed by atoms with Gasteiger partial charge in [-0.05, 0) is 34.0 Å². The third-order valence-electron chi connectivity index (χ3n) is 3.20. The quantitative estimate of drug-likeness (QED) is 0.804. The summed E-state index contributed by atoms with van der Waals surface area (Å²) >= 11 is 3.28. The third-order valence-corrected chi connectivity index (χ3v) is 3.63. The van der Waals surface area contributed by atoms with Crippen molar-refractivity contribution < 1.29 is 13.9 Å². The molecule has 1 aliphatic heterocycles. The van der Waals surface area contributed by atoms with Crippen molar-refractivity contribution in [1.82, 2.24) is 4.90 Å². The molecule has 1 aliphatic rings. The second-order valence-corrected chi connectivity index (χ2v) is 5.29. The molecule has 2 unspecified atom stereocenters. The lowest BCUT2D eigenvalue weighted by Crippen LogP contribution is -2.24. The van der Waals surface area contributed by atoms with Gasteiger partial charge < -0.3 is 9.15 Å². The first-order valence-electron chi connectivity index (χ1n) is 5.64. The van der Waals surface area contributed by atoms with E-state index in [1.54, 1.807) is 0 Å². The summed E-state index contributed by atoms with van der Waals surface area (Å²) in [5.74, 6) is 1.12. The Kier molecular flexibility index (Phi) is 3.89. The molecule has 0 amide bonds. The number of furan rings is 1. The van der Waals surface area contributed by atoms with E-state index in [1.807, 2.05) is 12.1 Å². The van der Waals surface area contributed by atoms with E-state index in [9.17, 15) is 4.79 Å². The Balaban J connectivity index is 1.95. The lowest BCUT2D eigenvalue weighted by Gasteiger charge is -2.13. The van der Waals surface area contributed by atoms with Crippen LogP contribution in [0.2, 0.25) is 0 Å². The average Bonchev–Trinajstić information content (AvgIpc) is 2.85. The number of nitrogens with zero attached hydrogens (tertiary/aromatic N) is 1. The van der Waals surface area contributed by atoms with Gasteiger partial charge in [0.05, 0.1) is 19.6 Å². The highest BCUT2D eigenvalue weighted by Crippen LogP contribution is 2.26. The molecule has 0 spiro atoms. The summed E-state index contributed by atoms with van der Waals surface area (Å²) in [4.78, 5) is 13.8. The molecule has 0 radical (unpaired) electrons. The maximum Gasteiger partial charge on any atom is 0.310 e. The van der Waals surface area contributed by atoms with Crippen molar-refractivity contribution in [2.24, 2.45) is 11.8 Å². The first kappa shape index (κ1) is 12.6. The minimum atomic E-state index is -0.111. The van der Waals surface area contributed by atoms with Crippen LogP contribution in [0, 0.1) is 11.8 Å². The Morgan fingerprint density at radius 2 is 2.35 bits per heavy atom. The van der Waals surface area contributed by atoms with E-state index >= 15 is 0 Å². The average molecular weight is 302 g/mol. The minimum Gasteiger partial charge on any atom is -0.469 e. The lowest BCUT2D eigenvalue weighted by molar-refractivity contribution is -0.146. The number of hydrogen-bond acceptors (Lipinski definition) is 4. The zero-order valence-corrected chi connectivity index (χ0v) is 11.6. The summed E-state index contributed by atoms with van der Waals surface area (Å²) in [6.45, 7) is 4.47. The number of halogens is 1. The van der Waals surface area contributed by atoms with Gasteiger partial charge in [0.25, 0.3) is 0 Å². The van der Waals surface area contributed by atoms with Crippen LogP contribution in [0.25, 0.3) is 0 Å². The zero-order valence-electron chi connectivity index (χ0n) is 9.98. The molecule has 5 heteroatoms. The molecule has 0 saturated carbocycles. The predicted octanol–water partition coefficient (Wildman–Crippen LogP) is 2.28. The zero-order chi connectivity index (χ0) is 12.4. The lowest BCUT2D eigenvalue weighted by atomic mass is 9.99. The van der Waals surface area contributed by atoms with Gasteiger partial charge in [0.15, 0.2) is 4.67 Å². The fraction of sp³-hybridized carbons (Fsp3) is 0.583. The molecular weight excluding hydrogens is 286 g/mol. The highest BCUT2D eigenvalue weighted by Gasteiger charge is 2.35. The van der Waals surface area contributed by atoms with Crippen LogP contribution in [0.4, 0.5) is 0 Å². The maximum atomic E-state index is 11.5. The van der Waals surface area contributed by atoms with Crippen molar-refractivity contribution >= 4 is 21.9 Å². The molecule has 17 heavy (non-hydrogen) atoms. The van der Waals surface area contributed by atoms with Gasteiger partial charge in [-0.2, -0.15) is 0 Å². The van der Waals surface area contributed by atoms with Gasteiger partial charge in [0.1, 0.15) is 5.76 Å². The van der Waals surface area contributed by atoms with Crippen molar-refractivity contribution in [3.05, 3.63) is 22.6 Å². The number of likely N-dealkylation sites (tertiary alicyclic amines) is 1. The van der Waals surface area contributed by atoms with E-state index in [0.29, 0.717) is 5.92 Å². The standard InChI is InChI=1S/C12H16BrNO3/c1-8-5-14(7-10(8)12(15)16-2)6-9-3-4-11(13)17-9/h3-4,8,10H,5-7H2,1-2H3. The van der Waals surface area contributed by atoms with E-state index in [-0.39, 0.29) is 11.9 Å². The number of hydrogen-bond donors (Lipinski definition) is 0. The predicted molar refractivity (Wildman–Crippen MR) is 66.4 cm³/mol. The second kappa shape index (κ2) is 5.23. The van der Waals surface area contributed by atoms with Crippen LogP contribution in [0.1, 0.15) is 12.7 Å². The molecular formula is C12H16BrNO3. The Morgan fingerprint density at radius 3 is 2.94 bits per heavy atom. The summed E-state index contributed by atoms with van der Waals surface area (Å²) in [5, 5.41) is 0. The third kappa shape index (κ3) is 2.90. The summed E-state index contributed by atoms with van der Waals surface area (Å²) in [6, 6.07) is 3.83. The Hall–Kier alpha value is -0.810. The largest absolute Gasteiger partial charge is 0.469 e. The van der Waals surface area contributed by atoms with Crippen LogP contribution in [0.15, 0.2) is 21.2 Å². The molecule has 94 valence electrons. The van der Waals surface area contributed by atoms with Gasteiger partial charge in [0.2, 0.25) is 0 Å². The monoisotopic (exact) mass is 301 g/mol. The molecule has 2 heterocycles.